The van der Waals surface area contributed by atoms with Gasteiger partial charge in [-0.05, 0) is 32.1 Å². The summed E-state index contributed by atoms with van der Waals surface area (Å²) in [6, 6.07) is 0. The molecule has 1 saturated heterocycles. The molecule has 1 heterocycles. The minimum atomic E-state index is 0.309. The quantitative estimate of drug-likeness (QED) is 0.620. The van der Waals surface area contributed by atoms with Crippen molar-refractivity contribution in [3.63, 3.8) is 0 Å². The van der Waals surface area contributed by atoms with Crippen molar-refractivity contribution in [2.24, 2.45) is 5.92 Å². The van der Waals surface area contributed by atoms with Crippen LogP contribution in [0.15, 0.2) is 0 Å². The van der Waals surface area contributed by atoms with Crippen molar-refractivity contribution < 1.29 is 9.53 Å². The molecule has 1 atom stereocenters. The maximum Gasteiger partial charge on any atom is 0.129 e. The van der Waals surface area contributed by atoms with Crippen LogP contribution in [0.25, 0.3) is 0 Å². The molecule has 0 saturated carbocycles. The molecule has 0 aliphatic carbocycles. The van der Waals surface area contributed by atoms with E-state index in [1.54, 1.807) is 6.92 Å². The molecule has 1 aliphatic heterocycles. The van der Waals surface area contributed by atoms with E-state index in [4.69, 9.17) is 4.74 Å². The van der Waals surface area contributed by atoms with Gasteiger partial charge in [0.1, 0.15) is 5.78 Å². The number of hydrogen-bond donors (Lipinski definition) is 0. The highest BCUT2D eigenvalue weighted by Crippen LogP contribution is 2.18. The molecule has 0 aromatic rings. The molecule has 1 fully saturated rings. The molecule has 1 aliphatic rings. The Labute approximate surface area is 67.9 Å². The molecular weight excluding hydrogens is 140 g/mol. The van der Waals surface area contributed by atoms with Gasteiger partial charge in [-0.1, -0.05) is 0 Å². The third-order valence-corrected chi connectivity index (χ3v) is 2.17. The van der Waals surface area contributed by atoms with E-state index in [1.165, 1.54) is 12.8 Å². The first-order chi connectivity index (χ1) is 5.29. The fraction of sp³-hybridized carbons (Fsp3) is 0.889. The number of ether oxygens (including phenoxy) is 1. The van der Waals surface area contributed by atoms with Crippen LogP contribution < -0.4 is 0 Å². The maximum atomic E-state index is 10.6. The average molecular weight is 156 g/mol. The SMILES string of the molecule is CC(=O)CCCC1CCOC1. The predicted octanol–water partition coefficient (Wildman–Crippen LogP) is 1.78. The van der Waals surface area contributed by atoms with E-state index in [2.05, 4.69) is 0 Å². The Hall–Kier alpha value is -0.370. The molecule has 1 unspecified atom stereocenters. The molecular formula is C9H16O2. The molecule has 0 N–H and O–H groups in total. The smallest absolute Gasteiger partial charge is 0.129 e. The molecule has 64 valence electrons. The van der Waals surface area contributed by atoms with Crippen molar-refractivity contribution in [1.82, 2.24) is 0 Å². The molecule has 0 bridgehead atoms. The molecule has 2 heteroatoms. The molecule has 0 spiro atoms. The van der Waals surface area contributed by atoms with E-state index in [-0.39, 0.29) is 0 Å². The third kappa shape index (κ3) is 3.51. The predicted molar refractivity (Wildman–Crippen MR) is 43.5 cm³/mol. The summed E-state index contributed by atoms with van der Waals surface area (Å²) in [5.41, 5.74) is 0. The Bertz CT molecular complexity index is 126. The van der Waals surface area contributed by atoms with Crippen LogP contribution in [0, 0.1) is 5.92 Å². The lowest BCUT2D eigenvalue weighted by atomic mass is 10.0. The van der Waals surface area contributed by atoms with E-state index < -0.39 is 0 Å². The van der Waals surface area contributed by atoms with Gasteiger partial charge in [0.25, 0.3) is 0 Å². The highest BCUT2D eigenvalue weighted by molar-refractivity contribution is 5.75. The summed E-state index contributed by atoms with van der Waals surface area (Å²) in [7, 11) is 0. The minimum absolute atomic E-state index is 0.309. The molecule has 0 aromatic carbocycles. The van der Waals surface area contributed by atoms with Gasteiger partial charge in [-0.15, -0.1) is 0 Å². The highest BCUT2D eigenvalue weighted by Gasteiger charge is 2.14. The summed E-state index contributed by atoms with van der Waals surface area (Å²) in [4.78, 5) is 10.6. The largest absolute Gasteiger partial charge is 0.381 e. The van der Waals surface area contributed by atoms with Crippen molar-refractivity contribution in [3.8, 4) is 0 Å². The number of carbonyl (C=O) groups is 1. The first-order valence-electron chi connectivity index (χ1n) is 4.36. The van der Waals surface area contributed by atoms with Gasteiger partial charge in [0.15, 0.2) is 0 Å². The number of ketones is 1. The summed E-state index contributed by atoms with van der Waals surface area (Å²) in [6.07, 6.45) is 4.15. The zero-order valence-corrected chi connectivity index (χ0v) is 7.14. The lowest BCUT2D eigenvalue weighted by molar-refractivity contribution is -0.117. The van der Waals surface area contributed by atoms with Crippen LogP contribution in [0.4, 0.5) is 0 Å². The summed E-state index contributed by atoms with van der Waals surface area (Å²) in [5, 5.41) is 0. The van der Waals surface area contributed by atoms with Crippen molar-refractivity contribution >= 4 is 5.78 Å². The van der Waals surface area contributed by atoms with Gasteiger partial charge in [0.05, 0.1) is 0 Å². The van der Waals surface area contributed by atoms with Crippen molar-refractivity contribution in [2.45, 2.75) is 32.6 Å². The zero-order valence-electron chi connectivity index (χ0n) is 7.14. The van der Waals surface area contributed by atoms with Crippen molar-refractivity contribution in [3.05, 3.63) is 0 Å². The Morgan fingerprint density at radius 1 is 1.64 bits per heavy atom. The zero-order chi connectivity index (χ0) is 8.10. The summed E-state index contributed by atoms with van der Waals surface area (Å²) >= 11 is 0. The van der Waals surface area contributed by atoms with Crippen LogP contribution in [0.2, 0.25) is 0 Å². The third-order valence-electron chi connectivity index (χ3n) is 2.17. The first-order valence-corrected chi connectivity index (χ1v) is 4.36. The Kier molecular flexibility index (Phi) is 3.57. The standard InChI is InChI=1S/C9H16O2/c1-8(10)3-2-4-9-5-6-11-7-9/h9H,2-7H2,1H3. The van der Waals surface area contributed by atoms with Crippen LogP contribution in [0.5, 0.6) is 0 Å². The van der Waals surface area contributed by atoms with Gasteiger partial charge < -0.3 is 9.53 Å². The lowest BCUT2D eigenvalue weighted by Crippen LogP contribution is -2.00. The second-order valence-electron chi connectivity index (χ2n) is 3.32. The van der Waals surface area contributed by atoms with E-state index in [0.29, 0.717) is 5.78 Å². The molecule has 0 radical (unpaired) electrons. The van der Waals surface area contributed by atoms with Gasteiger partial charge >= 0.3 is 0 Å². The van der Waals surface area contributed by atoms with E-state index >= 15 is 0 Å². The highest BCUT2D eigenvalue weighted by atomic mass is 16.5. The van der Waals surface area contributed by atoms with Crippen molar-refractivity contribution in [2.75, 3.05) is 13.2 Å². The van der Waals surface area contributed by atoms with Gasteiger partial charge in [0.2, 0.25) is 0 Å². The molecule has 0 amide bonds. The minimum Gasteiger partial charge on any atom is -0.381 e. The lowest BCUT2D eigenvalue weighted by Gasteiger charge is -2.04. The fourth-order valence-corrected chi connectivity index (χ4v) is 1.45. The van der Waals surface area contributed by atoms with Crippen LogP contribution >= 0.6 is 0 Å². The Balaban J connectivity index is 1.98. The molecule has 11 heavy (non-hydrogen) atoms. The van der Waals surface area contributed by atoms with Crippen LogP contribution in [0.1, 0.15) is 32.6 Å². The number of rotatable bonds is 4. The monoisotopic (exact) mass is 156 g/mol. The van der Waals surface area contributed by atoms with Gasteiger partial charge in [0, 0.05) is 19.6 Å². The van der Waals surface area contributed by atoms with Gasteiger partial charge in [-0.3, -0.25) is 0 Å². The first kappa shape index (κ1) is 8.72. The molecule has 2 nitrogen and oxygen atoms in total. The fourth-order valence-electron chi connectivity index (χ4n) is 1.45. The molecule has 0 aromatic heterocycles. The topological polar surface area (TPSA) is 26.3 Å². The van der Waals surface area contributed by atoms with Crippen LogP contribution in [0.3, 0.4) is 0 Å². The Morgan fingerprint density at radius 2 is 2.45 bits per heavy atom. The maximum absolute atomic E-state index is 10.6. The average Bonchev–Trinajstić information content (AvgIpc) is 2.39. The Morgan fingerprint density at radius 3 is 3.00 bits per heavy atom. The molecule has 1 rings (SSSR count). The summed E-state index contributed by atoms with van der Waals surface area (Å²) < 4.78 is 5.23. The number of Topliss-reactive ketones (excluding diaryl/α,β-unsaturated/α-hetero) is 1. The normalized spacial score (nSPS) is 23.9. The van der Waals surface area contributed by atoms with Crippen LogP contribution in [-0.2, 0) is 9.53 Å². The van der Waals surface area contributed by atoms with E-state index in [0.717, 1.165) is 32.0 Å². The number of carbonyl (C=O) groups excluding carboxylic acids is 1. The summed E-state index contributed by atoms with van der Waals surface area (Å²) in [5.74, 6) is 1.04. The second kappa shape index (κ2) is 4.50. The van der Waals surface area contributed by atoms with Crippen molar-refractivity contribution in [1.29, 1.82) is 0 Å². The van der Waals surface area contributed by atoms with E-state index in [9.17, 15) is 4.79 Å². The van der Waals surface area contributed by atoms with E-state index in [1.807, 2.05) is 0 Å². The van der Waals surface area contributed by atoms with Gasteiger partial charge in [-0.25, -0.2) is 0 Å². The van der Waals surface area contributed by atoms with Crippen LogP contribution in [-0.4, -0.2) is 19.0 Å². The summed E-state index contributed by atoms with van der Waals surface area (Å²) in [6.45, 7) is 3.49. The second-order valence-corrected chi connectivity index (χ2v) is 3.32. The van der Waals surface area contributed by atoms with Gasteiger partial charge in [-0.2, -0.15) is 0 Å². The number of hydrogen-bond acceptors (Lipinski definition) is 2.